The number of alkyl halides is 3. The summed E-state index contributed by atoms with van der Waals surface area (Å²) in [6.07, 6.45) is -5.08. The van der Waals surface area contributed by atoms with Gasteiger partial charge in [-0.05, 0) is 43.3 Å². The fourth-order valence-electron chi connectivity index (χ4n) is 3.67. The zero-order chi connectivity index (χ0) is 27.9. The van der Waals surface area contributed by atoms with E-state index in [0.717, 1.165) is 22.2 Å². The van der Waals surface area contributed by atoms with Gasteiger partial charge in [0, 0.05) is 22.2 Å². The van der Waals surface area contributed by atoms with Gasteiger partial charge >= 0.3 is 12.1 Å². The maximum absolute atomic E-state index is 12.5. The lowest BCUT2D eigenvalue weighted by Crippen LogP contribution is -2.45. The molecule has 1 aliphatic heterocycles. The second kappa shape index (κ2) is 12.3. The zero-order valence-electron chi connectivity index (χ0n) is 20.0. The summed E-state index contributed by atoms with van der Waals surface area (Å²) in [5, 5.41) is 19.8. The van der Waals surface area contributed by atoms with Crippen molar-refractivity contribution in [1.29, 1.82) is 0 Å². The number of aromatic nitrogens is 1. The number of carboxylic acid groups (broad SMARTS) is 1. The molecule has 38 heavy (non-hydrogen) atoms. The number of nitrogens with one attached hydrogen (secondary N) is 2. The van der Waals surface area contributed by atoms with Crippen molar-refractivity contribution in [2.45, 2.75) is 25.7 Å². The van der Waals surface area contributed by atoms with Gasteiger partial charge in [0.05, 0.1) is 30.7 Å². The number of hydrogen-bond donors (Lipinski definition) is 4. The van der Waals surface area contributed by atoms with Crippen LogP contribution in [0.15, 0.2) is 54.6 Å². The van der Waals surface area contributed by atoms with Crippen LogP contribution in [-0.2, 0) is 20.9 Å². The van der Waals surface area contributed by atoms with Crippen LogP contribution in [0.2, 0.25) is 0 Å². The number of carboxylic acids is 1. The molecular formula is C25H24F3N3O7. The third-order valence-electron chi connectivity index (χ3n) is 5.53. The standard InChI is InChI=1S/C23H23N3O5.C2HF3O2/c1-14-10-16(18-4-2-3-5-20(18)24-14)11-31-17-8-6-15(7-9-17)22(27)25-21-13-30-12-19(21)23(28)26-29;3-2(4,5)1(6)7/h2-10,19,21,29H,11-13H2,1H3,(H,25,27)(H,26,28);(H,6,7)/t19-,21+;/m0./s1. The van der Waals surface area contributed by atoms with Crippen LogP contribution in [0.5, 0.6) is 5.75 Å². The Morgan fingerprint density at radius 2 is 1.76 bits per heavy atom. The van der Waals surface area contributed by atoms with E-state index in [-0.39, 0.29) is 19.1 Å². The number of nitrogens with zero attached hydrogens (tertiary/aromatic N) is 1. The number of fused-ring (bicyclic) bond motifs is 1. The Hall–Kier alpha value is -4.23. The SMILES string of the molecule is Cc1cc(COc2ccc(C(=O)N[C@@H]3COC[C@@H]3C(=O)NO)cc2)c2ccccc2n1.O=C(O)C(F)(F)F. The van der Waals surface area contributed by atoms with Crippen molar-refractivity contribution in [1.82, 2.24) is 15.8 Å². The van der Waals surface area contributed by atoms with Crippen molar-refractivity contribution in [3.8, 4) is 5.75 Å². The minimum absolute atomic E-state index is 0.146. The third-order valence-corrected chi connectivity index (χ3v) is 5.53. The number of rotatable bonds is 6. The lowest BCUT2D eigenvalue weighted by Gasteiger charge is -2.17. The fourth-order valence-corrected chi connectivity index (χ4v) is 3.67. The number of carbonyl (C=O) groups is 3. The van der Waals surface area contributed by atoms with Crippen molar-refractivity contribution in [2.24, 2.45) is 5.92 Å². The molecule has 0 unspecified atom stereocenters. The van der Waals surface area contributed by atoms with Gasteiger partial charge in [0.2, 0.25) is 0 Å². The summed E-state index contributed by atoms with van der Waals surface area (Å²) in [5.41, 5.74) is 4.94. The summed E-state index contributed by atoms with van der Waals surface area (Å²) >= 11 is 0. The molecule has 4 rings (SSSR count). The highest BCUT2D eigenvalue weighted by Gasteiger charge is 2.38. The molecule has 1 aliphatic rings. The van der Waals surface area contributed by atoms with Crippen LogP contribution in [0.25, 0.3) is 10.9 Å². The number of hydroxylamine groups is 1. The molecule has 3 aromatic rings. The van der Waals surface area contributed by atoms with E-state index < -0.39 is 30.0 Å². The second-order valence-corrected chi connectivity index (χ2v) is 8.26. The summed E-state index contributed by atoms with van der Waals surface area (Å²) in [5.74, 6) is -3.65. The van der Waals surface area contributed by atoms with Crippen molar-refractivity contribution >= 4 is 28.7 Å². The molecule has 1 saturated heterocycles. The van der Waals surface area contributed by atoms with Gasteiger partial charge in [-0.3, -0.25) is 19.8 Å². The Labute approximate surface area is 214 Å². The number of ether oxygens (including phenoxy) is 2. The molecule has 0 saturated carbocycles. The fraction of sp³-hybridized carbons (Fsp3) is 0.280. The van der Waals surface area contributed by atoms with E-state index in [4.69, 9.17) is 24.6 Å². The highest BCUT2D eigenvalue weighted by molar-refractivity contribution is 5.95. The summed E-state index contributed by atoms with van der Waals surface area (Å²) in [4.78, 5) is 37.6. The van der Waals surface area contributed by atoms with E-state index >= 15 is 0 Å². The Balaban J connectivity index is 0.000000505. The Morgan fingerprint density at radius 1 is 1.11 bits per heavy atom. The number of pyridine rings is 1. The number of halogens is 3. The predicted octanol–water partition coefficient (Wildman–Crippen LogP) is 3.01. The summed E-state index contributed by atoms with van der Waals surface area (Å²) in [7, 11) is 0. The molecular weight excluding hydrogens is 511 g/mol. The maximum Gasteiger partial charge on any atom is 0.490 e. The van der Waals surface area contributed by atoms with Crippen molar-refractivity contribution < 1.29 is 47.3 Å². The predicted molar refractivity (Wildman–Crippen MR) is 126 cm³/mol. The molecule has 202 valence electrons. The van der Waals surface area contributed by atoms with E-state index in [1.54, 1.807) is 29.7 Å². The minimum Gasteiger partial charge on any atom is -0.489 e. The van der Waals surface area contributed by atoms with E-state index in [1.807, 2.05) is 37.3 Å². The monoisotopic (exact) mass is 535 g/mol. The van der Waals surface area contributed by atoms with Crippen molar-refractivity contribution in [3.05, 3.63) is 71.4 Å². The topological polar surface area (TPSA) is 147 Å². The number of aryl methyl sites for hydroxylation is 1. The molecule has 1 aromatic heterocycles. The van der Waals surface area contributed by atoms with E-state index in [9.17, 15) is 22.8 Å². The van der Waals surface area contributed by atoms with Gasteiger partial charge in [-0.1, -0.05) is 18.2 Å². The summed E-state index contributed by atoms with van der Waals surface area (Å²) < 4.78 is 42.9. The summed E-state index contributed by atoms with van der Waals surface area (Å²) in [6, 6.07) is 16.2. The molecule has 13 heteroatoms. The lowest BCUT2D eigenvalue weighted by molar-refractivity contribution is -0.192. The first-order valence-electron chi connectivity index (χ1n) is 11.2. The van der Waals surface area contributed by atoms with E-state index in [1.165, 1.54) is 0 Å². The quantitative estimate of drug-likeness (QED) is 0.278. The number of carbonyl (C=O) groups excluding carboxylic acids is 2. The van der Waals surface area contributed by atoms with Crippen LogP contribution in [0.3, 0.4) is 0 Å². The van der Waals surface area contributed by atoms with Gasteiger partial charge in [0.25, 0.3) is 11.8 Å². The average molecular weight is 535 g/mol. The number of benzene rings is 2. The number of amides is 2. The Bertz CT molecular complexity index is 1300. The number of para-hydroxylation sites is 1. The molecule has 1 fully saturated rings. The second-order valence-electron chi connectivity index (χ2n) is 8.26. The first-order chi connectivity index (χ1) is 18.0. The molecule has 0 radical (unpaired) electrons. The van der Waals surface area contributed by atoms with Gasteiger partial charge in [-0.2, -0.15) is 13.2 Å². The van der Waals surface area contributed by atoms with Crippen molar-refractivity contribution in [3.63, 3.8) is 0 Å². The van der Waals surface area contributed by atoms with E-state index in [0.29, 0.717) is 17.9 Å². The first kappa shape index (κ1) is 28.3. The van der Waals surface area contributed by atoms with Gasteiger partial charge in [0.15, 0.2) is 0 Å². The van der Waals surface area contributed by atoms with Gasteiger partial charge in [-0.15, -0.1) is 0 Å². The largest absolute Gasteiger partial charge is 0.490 e. The van der Waals surface area contributed by atoms with Crippen LogP contribution in [0.4, 0.5) is 13.2 Å². The highest BCUT2D eigenvalue weighted by atomic mass is 19.4. The minimum atomic E-state index is -5.08. The molecule has 2 heterocycles. The summed E-state index contributed by atoms with van der Waals surface area (Å²) in [6.45, 7) is 2.69. The molecule has 10 nitrogen and oxygen atoms in total. The van der Waals surface area contributed by atoms with Gasteiger partial charge in [0.1, 0.15) is 12.4 Å². The molecule has 0 aliphatic carbocycles. The van der Waals surface area contributed by atoms with Crippen LogP contribution < -0.4 is 15.5 Å². The Kier molecular flexibility index (Phi) is 9.20. The molecule has 4 N–H and O–H groups in total. The molecule has 0 spiro atoms. The molecule has 2 atom stereocenters. The van der Waals surface area contributed by atoms with Crippen LogP contribution in [-0.4, -0.2) is 58.5 Å². The molecule has 2 aromatic carbocycles. The number of aliphatic carboxylic acids is 1. The lowest BCUT2D eigenvalue weighted by atomic mass is 10.0. The van der Waals surface area contributed by atoms with Crippen molar-refractivity contribution in [2.75, 3.05) is 13.2 Å². The normalized spacial score (nSPS) is 16.8. The Morgan fingerprint density at radius 3 is 2.39 bits per heavy atom. The zero-order valence-corrected chi connectivity index (χ0v) is 20.0. The smallest absolute Gasteiger partial charge is 0.489 e. The van der Waals surface area contributed by atoms with Crippen LogP contribution >= 0.6 is 0 Å². The van der Waals surface area contributed by atoms with Crippen LogP contribution in [0, 0.1) is 12.8 Å². The molecule has 0 bridgehead atoms. The van der Waals surface area contributed by atoms with Gasteiger partial charge in [-0.25, -0.2) is 10.3 Å². The molecule has 2 amide bonds. The highest BCUT2D eigenvalue weighted by Crippen LogP contribution is 2.21. The first-order valence-corrected chi connectivity index (χ1v) is 11.2. The van der Waals surface area contributed by atoms with Crippen LogP contribution in [0.1, 0.15) is 21.6 Å². The van der Waals surface area contributed by atoms with Gasteiger partial charge < -0.3 is 19.9 Å². The third kappa shape index (κ3) is 7.40. The number of hydrogen-bond acceptors (Lipinski definition) is 7. The van der Waals surface area contributed by atoms with E-state index in [2.05, 4.69) is 10.3 Å². The maximum atomic E-state index is 12.5. The average Bonchev–Trinajstić information content (AvgIpc) is 3.34.